The Hall–Kier alpha value is -3.39. The van der Waals surface area contributed by atoms with Crippen LogP contribution in [-0.2, 0) is 11.2 Å². The largest absolute Gasteiger partial charge is 0.497 e. The van der Waals surface area contributed by atoms with E-state index in [-0.39, 0.29) is 5.56 Å². The van der Waals surface area contributed by atoms with Crippen molar-refractivity contribution in [2.24, 2.45) is 5.73 Å². The highest BCUT2D eigenvalue weighted by molar-refractivity contribution is 7.17. The Bertz CT molecular complexity index is 1240. The summed E-state index contributed by atoms with van der Waals surface area (Å²) in [5.74, 6) is 1.26. The third kappa shape index (κ3) is 3.50. The van der Waals surface area contributed by atoms with Crippen molar-refractivity contribution < 1.29 is 13.9 Å². The molecule has 1 amide bonds. The maximum Gasteiger partial charge on any atom is 0.263 e. The first-order chi connectivity index (χ1) is 14.5. The Morgan fingerprint density at radius 1 is 1.30 bits per heavy atom. The summed E-state index contributed by atoms with van der Waals surface area (Å²) in [4.78, 5) is 31.1. The summed E-state index contributed by atoms with van der Waals surface area (Å²) >= 11 is 1.37. The highest BCUT2D eigenvalue weighted by Crippen LogP contribution is 2.32. The van der Waals surface area contributed by atoms with Crippen LogP contribution >= 0.6 is 11.3 Å². The van der Waals surface area contributed by atoms with Crippen LogP contribution in [0.3, 0.4) is 0 Å². The molecule has 7 nitrogen and oxygen atoms in total. The van der Waals surface area contributed by atoms with Gasteiger partial charge in [-0.25, -0.2) is 4.98 Å². The maximum atomic E-state index is 13.6. The lowest BCUT2D eigenvalue weighted by Gasteiger charge is -2.19. The predicted octanol–water partition coefficient (Wildman–Crippen LogP) is 3.75. The number of fused-ring (bicyclic) bond motifs is 1. The molecule has 0 aliphatic heterocycles. The van der Waals surface area contributed by atoms with Crippen LogP contribution in [-0.4, -0.2) is 22.6 Å². The first-order valence-electron chi connectivity index (χ1n) is 9.52. The van der Waals surface area contributed by atoms with Crippen LogP contribution in [0.5, 0.6) is 5.75 Å². The standard InChI is InChI=1S/C22H21N3O4S/c1-3-16(20(23)26)25-18(11-13-6-8-14(28-2)9-7-13)24-21-19(22(25)27)15(12-30-21)17-5-4-10-29-17/h4-10,12,16H,3,11H2,1-2H3,(H2,23,26). The number of furan rings is 1. The van der Waals surface area contributed by atoms with Gasteiger partial charge in [-0.2, -0.15) is 0 Å². The fourth-order valence-corrected chi connectivity index (χ4v) is 4.48. The van der Waals surface area contributed by atoms with Crippen LogP contribution in [0.25, 0.3) is 21.5 Å². The van der Waals surface area contributed by atoms with E-state index >= 15 is 0 Å². The van der Waals surface area contributed by atoms with Crippen molar-refractivity contribution >= 4 is 27.5 Å². The third-order valence-corrected chi connectivity index (χ3v) is 5.92. The van der Waals surface area contributed by atoms with E-state index in [0.717, 1.165) is 11.3 Å². The number of hydrogen-bond donors (Lipinski definition) is 1. The number of primary amides is 1. The molecule has 0 aliphatic rings. The quantitative estimate of drug-likeness (QED) is 0.488. The van der Waals surface area contributed by atoms with Crippen molar-refractivity contribution in [3.8, 4) is 17.1 Å². The van der Waals surface area contributed by atoms with Crippen molar-refractivity contribution in [1.82, 2.24) is 9.55 Å². The zero-order valence-electron chi connectivity index (χ0n) is 16.6. The number of rotatable bonds is 7. The lowest BCUT2D eigenvalue weighted by Crippen LogP contribution is -2.36. The second kappa shape index (κ2) is 8.16. The summed E-state index contributed by atoms with van der Waals surface area (Å²) in [5.41, 5.74) is 6.96. The third-order valence-electron chi connectivity index (χ3n) is 5.05. The van der Waals surface area contributed by atoms with E-state index in [1.807, 2.05) is 36.6 Å². The zero-order chi connectivity index (χ0) is 21.3. The van der Waals surface area contributed by atoms with Crippen molar-refractivity contribution in [2.75, 3.05) is 7.11 Å². The lowest BCUT2D eigenvalue weighted by molar-refractivity contribution is -0.121. The van der Waals surface area contributed by atoms with Crippen LogP contribution in [0.4, 0.5) is 0 Å². The number of nitrogens with zero attached hydrogens (tertiary/aromatic N) is 2. The van der Waals surface area contributed by atoms with Gasteiger partial charge < -0.3 is 14.9 Å². The minimum atomic E-state index is -0.785. The summed E-state index contributed by atoms with van der Waals surface area (Å²) in [5, 5.41) is 2.29. The molecule has 154 valence electrons. The molecule has 0 spiro atoms. The van der Waals surface area contributed by atoms with Crippen molar-refractivity contribution in [1.29, 1.82) is 0 Å². The zero-order valence-corrected chi connectivity index (χ0v) is 17.4. The number of carbonyl (C=O) groups is 1. The number of thiophene rings is 1. The highest BCUT2D eigenvalue weighted by Gasteiger charge is 2.25. The van der Waals surface area contributed by atoms with E-state index in [1.54, 1.807) is 25.5 Å². The molecular formula is C22H21N3O4S. The van der Waals surface area contributed by atoms with Gasteiger partial charge in [0.15, 0.2) is 0 Å². The molecule has 0 radical (unpaired) electrons. The van der Waals surface area contributed by atoms with Gasteiger partial charge in [0, 0.05) is 17.4 Å². The fourth-order valence-electron chi connectivity index (χ4n) is 3.54. The number of benzene rings is 1. The van der Waals surface area contributed by atoms with Gasteiger partial charge in [0.05, 0.1) is 18.8 Å². The molecule has 0 saturated heterocycles. The maximum absolute atomic E-state index is 13.6. The smallest absolute Gasteiger partial charge is 0.263 e. The highest BCUT2D eigenvalue weighted by atomic mass is 32.1. The van der Waals surface area contributed by atoms with Crippen LogP contribution in [0.15, 0.2) is 57.3 Å². The fraction of sp³-hybridized carbons (Fsp3) is 0.227. The van der Waals surface area contributed by atoms with E-state index in [9.17, 15) is 9.59 Å². The Morgan fingerprint density at radius 2 is 2.07 bits per heavy atom. The molecule has 3 heterocycles. The molecule has 3 aromatic heterocycles. The normalized spacial score (nSPS) is 12.2. The Balaban J connectivity index is 1.92. The summed E-state index contributed by atoms with van der Waals surface area (Å²) in [6.45, 7) is 1.82. The SMILES string of the molecule is CCC(C(N)=O)n1c(Cc2ccc(OC)cc2)nc2scc(-c3ccco3)c2c1=O. The number of carbonyl (C=O) groups excluding carboxylic acids is 1. The molecule has 1 unspecified atom stereocenters. The molecule has 2 N–H and O–H groups in total. The number of aromatic nitrogens is 2. The van der Waals surface area contributed by atoms with E-state index < -0.39 is 11.9 Å². The summed E-state index contributed by atoms with van der Waals surface area (Å²) in [6.07, 6.45) is 2.33. The van der Waals surface area contributed by atoms with E-state index in [0.29, 0.717) is 40.2 Å². The van der Waals surface area contributed by atoms with Gasteiger partial charge >= 0.3 is 0 Å². The van der Waals surface area contributed by atoms with Gasteiger partial charge in [-0.1, -0.05) is 19.1 Å². The first kappa shape index (κ1) is 19.9. The molecule has 30 heavy (non-hydrogen) atoms. The molecule has 1 atom stereocenters. The van der Waals surface area contributed by atoms with Crippen LogP contribution < -0.4 is 16.0 Å². The predicted molar refractivity (Wildman–Crippen MR) is 116 cm³/mol. The van der Waals surface area contributed by atoms with E-state index in [2.05, 4.69) is 0 Å². The van der Waals surface area contributed by atoms with Gasteiger partial charge in [-0.05, 0) is 36.2 Å². The van der Waals surface area contributed by atoms with Crippen molar-refractivity contribution in [3.05, 3.63) is 69.8 Å². The lowest BCUT2D eigenvalue weighted by atomic mass is 10.1. The van der Waals surface area contributed by atoms with Gasteiger partial charge in [-0.15, -0.1) is 11.3 Å². The van der Waals surface area contributed by atoms with Gasteiger partial charge in [0.25, 0.3) is 5.56 Å². The molecule has 4 rings (SSSR count). The number of ether oxygens (including phenoxy) is 1. The number of hydrogen-bond acceptors (Lipinski definition) is 6. The Labute approximate surface area is 176 Å². The number of methoxy groups -OCH3 is 1. The molecule has 0 fully saturated rings. The monoisotopic (exact) mass is 423 g/mol. The van der Waals surface area contributed by atoms with E-state index in [1.165, 1.54) is 15.9 Å². The second-order valence-corrected chi connectivity index (χ2v) is 7.72. The summed E-state index contributed by atoms with van der Waals surface area (Å²) in [7, 11) is 1.61. The molecule has 0 saturated carbocycles. The first-order valence-corrected chi connectivity index (χ1v) is 10.4. The molecule has 0 bridgehead atoms. The van der Waals surface area contributed by atoms with Gasteiger partial charge in [-0.3, -0.25) is 14.2 Å². The minimum Gasteiger partial charge on any atom is -0.497 e. The average molecular weight is 423 g/mol. The Morgan fingerprint density at radius 3 is 2.67 bits per heavy atom. The summed E-state index contributed by atoms with van der Waals surface area (Å²) < 4.78 is 12.1. The number of nitrogens with two attached hydrogens (primary N) is 1. The topological polar surface area (TPSA) is 100 Å². The van der Waals surface area contributed by atoms with E-state index in [4.69, 9.17) is 19.9 Å². The van der Waals surface area contributed by atoms with Gasteiger partial charge in [0.2, 0.25) is 5.91 Å². The van der Waals surface area contributed by atoms with Crippen molar-refractivity contribution in [2.45, 2.75) is 25.8 Å². The molecular weight excluding hydrogens is 402 g/mol. The van der Waals surface area contributed by atoms with Crippen LogP contribution in [0, 0.1) is 0 Å². The minimum absolute atomic E-state index is 0.290. The van der Waals surface area contributed by atoms with Crippen LogP contribution in [0.2, 0.25) is 0 Å². The average Bonchev–Trinajstić information content (AvgIpc) is 3.40. The molecule has 0 aliphatic carbocycles. The molecule has 8 heteroatoms. The number of amides is 1. The summed E-state index contributed by atoms with van der Waals surface area (Å²) in [6, 6.07) is 10.3. The van der Waals surface area contributed by atoms with Crippen LogP contribution in [0.1, 0.15) is 30.8 Å². The van der Waals surface area contributed by atoms with Crippen molar-refractivity contribution in [3.63, 3.8) is 0 Å². The van der Waals surface area contributed by atoms with Gasteiger partial charge in [0.1, 0.15) is 28.2 Å². The molecule has 1 aromatic carbocycles. The second-order valence-electron chi connectivity index (χ2n) is 6.86. The Kier molecular flexibility index (Phi) is 5.41. The molecule has 4 aromatic rings.